The predicted molar refractivity (Wildman–Crippen MR) is 122 cm³/mol. The van der Waals surface area contributed by atoms with Crippen LogP contribution in [0.15, 0.2) is 17.3 Å². The Morgan fingerprint density at radius 3 is 2.77 bits per heavy atom. The minimum absolute atomic E-state index is 0.110. The summed E-state index contributed by atoms with van der Waals surface area (Å²) in [5.74, 6) is 2.52. The number of ketones is 1. The fourth-order valence-corrected chi connectivity index (χ4v) is 8.63. The van der Waals surface area contributed by atoms with Crippen molar-refractivity contribution in [1.29, 1.82) is 0 Å². The number of hydrogen-bond donors (Lipinski definition) is 2. The number of allylic oxidation sites excluding steroid dienone is 1. The Balaban J connectivity index is 1.45. The molecule has 0 radical (unpaired) electrons. The Hall–Kier alpha value is -1.20. The van der Waals surface area contributed by atoms with Crippen LogP contribution in [0.3, 0.4) is 0 Å². The first-order valence-corrected chi connectivity index (χ1v) is 12.7. The molecule has 0 spiro atoms. The zero-order valence-electron chi connectivity index (χ0n) is 19.4. The Kier molecular flexibility index (Phi) is 5.57. The molecule has 0 amide bonds. The molecule has 8 atom stereocenters. The molecule has 1 heterocycles. The van der Waals surface area contributed by atoms with Crippen LogP contribution in [0.5, 0.6) is 0 Å². The first-order chi connectivity index (χ1) is 14.9. The van der Waals surface area contributed by atoms with E-state index in [1.807, 2.05) is 0 Å². The highest BCUT2D eigenvalue weighted by Crippen LogP contribution is 2.67. The highest BCUT2D eigenvalue weighted by Gasteiger charge is 2.63. The quantitative estimate of drug-likeness (QED) is 0.522. The van der Waals surface area contributed by atoms with Gasteiger partial charge < -0.3 is 15.3 Å². The van der Waals surface area contributed by atoms with E-state index in [0.29, 0.717) is 29.5 Å². The van der Waals surface area contributed by atoms with Crippen LogP contribution in [0.25, 0.3) is 0 Å². The fraction of sp³-hybridized carbons (Fsp3) is 0.846. The zero-order valence-corrected chi connectivity index (χ0v) is 19.4. The lowest BCUT2D eigenvalue weighted by atomic mass is 9.42. The molecule has 172 valence electrons. The largest absolute Gasteiger partial charge is 0.396 e. The lowest BCUT2D eigenvalue weighted by Gasteiger charge is -2.62. The summed E-state index contributed by atoms with van der Waals surface area (Å²) in [5, 5.41) is 18.9. The minimum atomic E-state index is -0.139. The van der Waals surface area contributed by atoms with E-state index in [-0.39, 0.29) is 29.5 Å². The highest BCUT2D eigenvalue weighted by molar-refractivity contribution is 5.88. The molecule has 0 bridgehead atoms. The van der Waals surface area contributed by atoms with Gasteiger partial charge in [-0.15, -0.1) is 0 Å². The summed E-state index contributed by atoms with van der Waals surface area (Å²) < 4.78 is 0. The third kappa shape index (κ3) is 3.17. The monoisotopic (exact) mass is 428 g/mol. The number of fused-ring (bicyclic) bond motifs is 5. The molecule has 4 saturated carbocycles. The van der Waals surface area contributed by atoms with Crippen molar-refractivity contribution in [2.75, 3.05) is 19.7 Å². The molecular formula is C26H40N2O3. The van der Waals surface area contributed by atoms with Crippen molar-refractivity contribution in [3.63, 3.8) is 0 Å². The van der Waals surface area contributed by atoms with Gasteiger partial charge in [-0.05, 0) is 75.2 Å². The smallest absolute Gasteiger partial charge is 0.141 e. The van der Waals surface area contributed by atoms with E-state index in [1.165, 1.54) is 11.3 Å². The number of nitrogens with zero attached hydrogens (tertiary/aromatic N) is 1. The molecule has 5 fully saturated rings. The normalized spacial score (nSPS) is 48.4. The maximum Gasteiger partial charge on any atom is 0.141 e. The summed E-state index contributed by atoms with van der Waals surface area (Å²) in [5.41, 5.74) is 2.22. The molecule has 5 unspecified atom stereocenters. The van der Waals surface area contributed by atoms with Crippen LogP contribution >= 0.6 is 0 Å². The van der Waals surface area contributed by atoms with Gasteiger partial charge in [0, 0.05) is 42.7 Å². The van der Waals surface area contributed by atoms with E-state index in [1.54, 1.807) is 0 Å². The van der Waals surface area contributed by atoms with Crippen LogP contribution in [0.4, 0.5) is 0 Å². The lowest BCUT2D eigenvalue weighted by molar-refractivity contribution is -0.140. The molecule has 2 N–H and O–H groups in total. The summed E-state index contributed by atoms with van der Waals surface area (Å²) in [7, 11) is 0. The van der Waals surface area contributed by atoms with Crippen molar-refractivity contribution in [2.45, 2.75) is 77.7 Å². The number of rotatable bonds is 4. The Morgan fingerprint density at radius 1 is 1.23 bits per heavy atom. The van der Waals surface area contributed by atoms with Gasteiger partial charge in [-0.25, -0.2) is 0 Å². The number of carbonyl (C=O) groups is 1. The fourth-order valence-electron chi connectivity index (χ4n) is 8.63. The molecule has 1 saturated heterocycles. The maximum absolute atomic E-state index is 12.7. The summed E-state index contributed by atoms with van der Waals surface area (Å²) >= 11 is 0. The molecular weight excluding hydrogens is 388 g/mol. The van der Waals surface area contributed by atoms with Gasteiger partial charge in [0.25, 0.3) is 0 Å². The number of aliphatic hydroxyl groups is 1. The average Bonchev–Trinajstić information content (AvgIpc) is 3.40. The van der Waals surface area contributed by atoms with Crippen LogP contribution in [0, 0.1) is 40.4 Å². The second-order valence-corrected chi connectivity index (χ2v) is 11.3. The number of aliphatic hydroxyl groups excluding tert-OH is 1. The van der Waals surface area contributed by atoms with E-state index in [9.17, 15) is 9.90 Å². The van der Waals surface area contributed by atoms with Gasteiger partial charge in [-0.1, -0.05) is 31.2 Å². The maximum atomic E-state index is 12.7. The van der Waals surface area contributed by atoms with E-state index in [4.69, 9.17) is 9.99 Å². The first kappa shape index (κ1) is 21.6. The molecule has 5 aliphatic rings. The number of hydrogen-bond acceptors (Lipinski definition) is 5. The van der Waals surface area contributed by atoms with E-state index in [0.717, 1.165) is 70.9 Å². The van der Waals surface area contributed by atoms with Gasteiger partial charge in [0.1, 0.15) is 11.9 Å². The zero-order chi connectivity index (χ0) is 21.8. The van der Waals surface area contributed by atoms with E-state index in [2.05, 4.69) is 25.7 Å². The number of nitrogens with one attached hydrogen (secondary N) is 1. The van der Waals surface area contributed by atoms with E-state index >= 15 is 0 Å². The van der Waals surface area contributed by atoms with Crippen LogP contribution in [-0.4, -0.2) is 42.4 Å². The van der Waals surface area contributed by atoms with Crippen molar-refractivity contribution in [3.05, 3.63) is 12.2 Å². The first-order valence-electron chi connectivity index (χ1n) is 12.7. The number of Topliss-reactive ketones (excluding diaryl/α,β-unsaturated/α-hetero) is 1. The molecule has 0 aromatic heterocycles. The number of oxime groups is 1. The SMILES string of the molecule is C=C1CC2C(CC[C@]3(C)C(=O)CCC23)[C@@]2(CO)CC/C(=N\OC3CCNC3)[C@H](CC)C12. The summed E-state index contributed by atoms with van der Waals surface area (Å²) in [6.07, 6.45) is 8.94. The molecule has 4 aliphatic carbocycles. The van der Waals surface area contributed by atoms with Gasteiger partial charge in [0.15, 0.2) is 0 Å². The molecule has 5 rings (SSSR count). The van der Waals surface area contributed by atoms with Gasteiger partial charge in [-0.2, -0.15) is 0 Å². The van der Waals surface area contributed by atoms with Crippen molar-refractivity contribution >= 4 is 11.5 Å². The third-order valence-electron chi connectivity index (χ3n) is 10.2. The second kappa shape index (κ2) is 7.98. The van der Waals surface area contributed by atoms with Crippen LogP contribution < -0.4 is 5.32 Å². The minimum Gasteiger partial charge on any atom is -0.396 e. The third-order valence-corrected chi connectivity index (χ3v) is 10.2. The predicted octanol–water partition coefficient (Wildman–Crippen LogP) is 4.11. The van der Waals surface area contributed by atoms with E-state index < -0.39 is 0 Å². The second-order valence-electron chi connectivity index (χ2n) is 11.3. The van der Waals surface area contributed by atoms with Crippen LogP contribution in [-0.2, 0) is 9.63 Å². The van der Waals surface area contributed by atoms with Crippen molar-refractivity contribution in [1.82, 2.24) is 5.32 Å². The highest BCUT2D eigenvalue weighted by atomic mass is 16.6. The average molecular weight is 429 g/mol. The summed E-state index contributed by atoms with van der Waals surface area (Å²) in [6.45, 7) is 11.2. The van der Waals surface area contributed by atoms with Gasteiger partial charge in [-0.3, -0.25) is 4.79 Å². The Morgan fingerprint density at radius 2 is 2.06 bits per heavy atom. The van der Waals surface area contributed by atoms with Gasteiger partial charge in [0.2, 0.25) is 0 Å². The topological polar surface area (TPSA) is 70.9 Å². The summed E-state index contributed by atoms with van der Waals surface area (Å²) in [6, 6.07) is 0. The Labute approximate surface area is 187 Å². The molecule has 0 aromatic carbocycles. The molecule has 0 aromatic rings. The van der Waals surface area contributed by atoms with Crippen molar-refractivity contribution in [2.24, 2.45) is 45.6 Å². The number of carbonyl (C=O) groups excluding carboxylic acids is 1. The van der Waals surface area contributed by atoms with Crippen molar-refractivity contribution in [3.8, 4) is 0 Å². The van der Waals surface area contributed by atoms with Crippen molar-refractivity contribution < 1.29 is 14.7 Å². The Bertz CT molecular complexity index is 773. The molecule has 31 heavy (non-hydrogen) atoms. The standard InChI is InChI=1S/C26H40N2O3/c1-4-18-22(28-31-17-9-12-27-14-17)8-11-26(15-29)21-7-10-25(3)20(5-6-23(25)30)19(21)13-16(2)24(18)26/h17-21,24,27,29H,2,4-15H2,1,3H3/b28-22+/t17?,18-,19?,20?,21?,24?,25-,26-/m0/s1. The molecule has 5 heteroatoms. The molecule has 1 aliphatic heterocycles. The van der Waals surface area contributed by atoms with Gasteiger partial charge in [0.05, 0.1) is 5.71 Å². The van der Waals surface area contributed by atoms with Crippen LogP contribution in [0.1, 0.15) is 71.6 Å². The molecule has 5 nitrogen and oxygen atoms in total. The van der Waals surface area contributed by atoms with Gasteiger partial charge >= 0.3 is 0 Å². The lowest BCUT2D eigenvalue weighted by Crippen LogP contribution is -2.59. The summed E-state index contributed by atoms with van der Waals surface area (Å²) in [4.78, 5) is 18.7. The van der Waals surface area contributed by atoms with Crippen LogP contribution in [0.2, 0.25) is 0 Å².